The molecule has 14 heavy (non-hydrogen) atoms. The van der Waals surface area contributed by atoms with Crippen LogP contribution in [0.25, 0.3) is 0 Å². The van der Waals surface area contributed by atoms with Gasteiger partial charge in [-0.2, -0.15) is 0 Å². The highest BCUT2D eigenvalue weighted by Crippen LogP contribution is 2.16. The van der Waals surface area contributed by atoms with Crippen LogP contribution in [-0.4, -0.2) is 13.0 Å². The van der Waals surface area contributed by atoms with E-state index in [0.717, 1.165) is 11.3 Å². The van der Waals surface area contributed by atoms with Gasteiger partial charge < -0.3 is 10.1 Å². The maximum atomic E-state index is 11.4. The van der Waals surface area contributed by atoms with E-state index in [1.165, 1.54) is 6.20 Å². The van der Waals surface area contributed by atoms with Crippen molar-refractivity contribution < 1.29 is 9.53 Å². The Morgan fingerprint density at radius 2 is 2.29 bits per heavy atom. The molecule has 3 heteroatoms. The summed E-state index contributed by atoms with van der Waals surface area (Å²) in [6, 6.07) is 5.30. The molecule has 74 valence electrons. The minimum atomic E-state index is -0.153. The molecule has 1 aromatic carbocycles. The lowest BCUT2D eigenvalue weighted by Crippen LogP contribution is -2.17. The van der Waals surface area contributed by atoms with Crippen LogP contribution in [0.4, 0.5) is 0 Å². The molecule has 1 rings (SSSR count). The molecule has 0 saturated carbocycles. The second kappa shape index (κ2) is 4.46. The van der Waals surface area contributed by atoms with Gasteiger partial charge in [0.15, 0.2) is 0 Å². The first kappa shape index (κ1) is 10.3. The van der Waals surface area contributed by atoms with E-state index >= 15 is 0 Å². The molecular formula is C11H13NO2. The molecule has 0 saturated heterocycles. The average molecular weight is 191 g/mol. The minimum Gasteiger partial charge on any atom is -0.497 e. The summed E-state index contributed by atoms with van der Waals surface area (Å²) in [5, 5.41) is 2.52. The van der Waals surface area contributed by atoms with Crippen molar-refractivity contribution in [1.82, 2.24) is 5.32 Å². The predicted molar refractivity (Wildman–Crippen MR) is 55.4 cm³/mol. The zero-order valence-corrected chi connectivity index (χ0v) is 8.33. The summed E-state index contributed by atoms with van der Waals surface area (Å²) in [6.45, 7) is 5.29. The quantitative estimate of drug-likeness (QED) is 0.792. The van der Waals surface area contributed by atoms with Crippen LogP contribution in [-0.2, 0) is 0 Å². The van der Waals surface area contributed by atoms with Crippen molar-refractivity contribution in [3.05, 3.63) is 42.1 Å². The minimum absolute atomic E-state index is 0.153. The van der Waals surface area contributed by atoms with Gasteiger partial charge in [0.2, 0.25) is 0 Å². The zero-order chi connectivity index (χ0) is 10.6. The summed E-state index contributed by atoms with van der Waals surface area (Å²) in [5.41, 5.74) is 1.51. The topological polar surface area (TPSA) is 38.3 Å². The predicted octanol–water partition coefficient (Wildman–Crippen LogP) is 1.88. The van der Waals surface area contributed by atoms with Crippen LogP contribution < -0.4 is 10.1 Å². The number of hydrogen-bond donors (Lipinski definition) is 1. The summed E-state index contributed by atoms with van der Waals surface area (Å²) in [7, 11) is 1.60. The maximum Gasteiger partial charge on any atom is 0.255 e. The Bertz CT molecular complexity index is 358. The number of rotatable bonds is 3. The van der Waals surface area contributed by atoms with Crippen LogP contribution in [0.2, 0.25) is 0 Å². The molecule has 0 bridgehead atoms. The molecule has 0 fully saturated rings. The summed E-state index contributed by atoms with van der Waals surface area (Å²) in [6.07, 6.45) is 1.37. The lowest BCUT2D eigenvalue weighted by Gasteiger charge is -2.06. The first-order valence-corrected chi connectivity index (χ1v) is 4.25. The van der Waals surface area contributed by atoms with E-state index in [9.17, 15) is 4.79 Å². The number of carbonyl (C=O) groups excluding carboxylic acids is 1. The zero-order valence-electron chi connectivity index (χ0n) is 8.33. The van der Waals surface area contributed by atoms with Crippen LogP contribution in [0.3, 0.4) is 0 Å². The third kappa shape index (κ3) is 2.13. The molecule has 0 spiro atoms. The number of benzene rings is 1. The summed E-state index contributed by atoms with van der Waals surface area (Å²) >= 11 is 0. The fourth-order valence-corrected chi connectivity index (χ4v) is 1.19. The van der Waals surface area contributed by atoms with Crippen LogP contribution >= 0.6 is 0 Å². The highest BCUT2D eigenvalue weighted by atomic mass is 16.5. The average Bonchev–Trinajstić information content (AvgIpc) is 2.17. The SMILES string of the molecule is C=CNC(=O)c1ccc(OC)cc1C. The fourth-order valence-electron chi connectivity index (χ4n) is 1.19. The Hall–Kier alpha value is -1.77. The number of carbonyl (C=O) groups is 1. The lowest BCUT2D eigenvalue weighted by molar-refractivity contribution is 0.0969. The van der Waals surface area contributed by atoms with Gasteiger partial charge >= 0.3 is 0 Å². The Morgan fingerprint density at radius 1 is 1.57 bits per heavy atom. The monoisotopic (exact) mass is 191 g/mol. The largest absolute Gasteiger partial charge is 0.497 e. The molecular weight excluding hydrogens is 178 g/mol. The molecule has 0 aliphatic carbocycles. The van der Waals surface area contributed by atoms with Crippen molar-refractivity contribution in [2.45, 2.75) is 6.92 Å². The molecule has 1 amide bonds. The van der Waals surface area contributed by atoms with Crippen LogP contribution in [0, 0.1) is 6.92 Å². The van der Waals surface area contributed by atoms with E-state index in [-0.39, 0.29) is 5.91 Å². The van der Waals surface area contributed by atoms with Crippen molar-refractivity contribution in [1.29, 1.82) is 0 Å². The third-order valence-corrected chi connectivity index (χ3v) is 1.91. The van der Waals surface area contributed by atoms with Gasteiger partial charge in [0.05, 0.1) is 7.11 Å². The van der Waals surface area contributed by atoms with Crippen molar-refractivity contribution >= 4 is 5.91 Å². The number of methoxy groups -OCH3 is 1. The van der Waals surface area contributed by atoms with Gasteiger partial charge in [-0.3, -0.25) is 4.79 Å². The molecule has 1 N–H and O–H groups in total. The highest BCUT2D eigenvalue weighted by Gasteiger charge is 2.07. The van der Waals surface area contributed by atoms with Crippen LogP contribution in [0.1, 0.15) is 15.9 Å². The van der Waals surface area contributed by atoms with Crippen molar-refractivity contribution in [2.24, 2.45) is 0 Å². The van der Waals surface area contributed by atoms with E-state index in [4.69, 9.17) is 4.74 Å². The van der Waals surface area contributed by atoms with Gasteiger partial charge in [0, 0.05) is 5.56 Å². The maximum absolute atomic E-state index is 11.4. The molecule has 0 atom stereocenters. The van der Waals surface area contributed by atoms with E-state index < -0.39 is 0 Å². The normalized spacial score (nSPS) is 9.29. The van der Waals surface area contributed by atoms with Crippen molar-refractivity contribution in [3.8, 4) is 5.75 Å². The number of nitrogens with one attached hydrogen (secondary N) is 1. The molecule has 0 aliphatic heterocycles. The van der Waals surface area contributed by atoms with E-state index in [1.54, 1.807) is 19.2 Å². The third-order valence-electron chi connectivity index (χ3n) is 1.91. The first-order valence-electron chi connectivity index (χ1n) is 4.25. The highest BCUT2D eigenvalue weighted by molar-refractivity contribution is 5.96. The van der Waals surface area contributed by atoms with Gasteiger partial charge in [0.25, 0.3) is 5.91 Å². The molecule has 0 radical (unpaired) electrons. The molecule has 0 unspecified atom stereocenters. The van der Waals surface area contributed by atoms with Crippen LogP contribution in [0.5, 0.6) is 5.75 Å². The Labute approximate surface area is 83.4 Å². The number of hydrogen-bond acceptors (Lipinski definition) is 2. The van der Waals surface area contributed by atoms with Gasteiger partial charge in [0.1, 0.15) is 5.75 Å². The van der Waals surface area contributed by atoms with Gasteiger partial charge in [-0.05, 0) is 36.9 Å². The second-order valence-corrected chi connectivity index (χ2v) is 2.86. The first-order chi connectivity index (χ1) is 6.69. The lowest BCUT2D eigenvalue weighted by atomic mass is 10.1. The second-order valence-electron chi connectivity index (χ2n) is 2.86. The summed E-state index contributed by atoms with van der Waals surface area (Å²) < 4.78 is 5.04. The molecule has 0 aromatic heterocycles. The summed E-state index contributed by atoms with van der Waals surface area (Å²) in [5.74, 6) is 0.595. The van der Waals surface area contributed by atoms with E-state index in [2.05, 4.69) is 11.9 Å². The fraction of sp³-hybridized carbons (Fsp3) is 0.182. The van der Waals surface area contributed by atoms with Crippen LogP contribution in [0.15, 0.2) is 31.0 Å². The molecule has 1 aromatic rings. The van der Waals surface area contributed by atoms with E-state index in [0.29, 0.717) is 5.56 Å². The Morgan fingerprint density at radius 3 is 2.79 bits per heavy atom. The Balaban J connectivity index is 2.99. The number of aryl methyl sites for hydroxylation is 1. The number of amides is 1. The van der Waals surface area contributed by atoms with Gasteiger partial charge in [-0.25, -0.2) is 0 Å². The smallest absolute Gasteiger partial charge is 0.255 e. The summed E-state index contributed by atoms with van der Waals surface area (Å²) in [4.78, 5) is 11.4. The molecule has 0 heterocycles. The molecule has 0 aliphatic rings. The van der Waals surface area contributed by atoms with E-state index in [1.807, 2.05) is 13.0 Å². The number of ether oxygens (including phenoxy) is 1. The Kier molecular flexibility index (Phi) is 3.29. The molecule has 3 nitrogen and oxygen atoms in total. The van der Waals surface area contributed by atoms with Gasteiger partial charge in [-0.1, -0.05) is 6.58 Å². The van der Waals surface area contributed by atoms with Crippen molar-refractivity contribution in [2.75, 3.05) is 7.11 Å². The van der Waals surface area contributed by atoms with Gasteiger partial charge in [-0.15, -0.1) is 0 Å². The van der Waals surface area contributed by atoms with Crippen molar-refractivity contribution in [3.63, 3.8) is 0 Å². The standard InChI is InChI=1S/C11H13NO2/c1-4-12-11(13)10-6-5-9(14-3)7-8(10)2/h4-7H,1H2,2-3H3,(H,12,13).